The molecule has 3 nitrogen and oxygen atoms in total. The fourth-order valence-electron chi connectivity index (χ4n) is 4.10. The van der Waals surface area contributed by atoms with Crippen molar-refractivity contribution in [3.05, 3.63) is 0 Å². The summed E-state index contributed by atoms with van der Waals surface area (Å²) in [5.41, 5.74) is 6.50. The molecule has 2 aliphatic rings. The van der Waals surface area contributed by atoms with Crippen LogP contribution >= 0.6 is 0 Å². The third kappa shape index (κ3) is 3.14. The highest BCUT2D eigenvalue weighted by atomic mass is 15.2. The number of rotatable bonds is 3. The summed E-state index contributed by atoms with van der Waals surface area (Å²) in [6.45, 7) is 8.12. The van der Waals surface area contributed by atoms with Crippen LogP contribution < -0.4 is 5.73 Å². The van der Waals surface area contributed by atoms with Gasteiger partial charge in [-0.25, -0.2) is 0 Å². The maximum atomic E-state index is 6.23. The Morgan fingerprint density at radius 3 is 2.32 bits per heavy atom. The Labute approximate surface area is 119 Å². The SMILES string of the molecule is CC1CCC(CN)(N(C)C2CCN(C)CC2)CC1C. The second-order valence-corrected chi connectivity index (χ2v) is 7.27. The van der Waals surface area contributed by atoms with Gasteiger partial charge in [0.15, 0.2) is 0 Å². The Morgan fingerprint density at radius 2 is 1.79 bits per heavy atom. The summed E-state index contributed by atoms with van der Waals surface area (Å²) in [5, 5.41) is 0. The van der Waals surface area contributed by atoms with E-state index in [0.29, 0.717) is 0 Å². The lowest BCUT2D eigenvalue weighted by atomic mass is 9.70. The molecule has 3 unspecified atom stereocenters. The molecule has 2 fully saturated rings. The summed E-state index contributed by atoms with van der Waals surface area (Å²) in [5.74, 6) is 1.68. The molecular weight excluding hydrogens is 234 g/mol. The highest BCUT2D eigenvalue weighted by Crippen LogP contribution is 2.40. The molecule has 1 saturated carbocycles. The van der Waals surface area contributed by atoms with Crippen LogP contribution in [-0.4, -0.2) is 55.1 Å². The molecule has 0 aromatic rings. The van der Waals surface area contributed by atoms with Crippen LogP contribution in [0.5, 0.6) is 0 Å². The van der Waals surface area contributed by atoms with Crippen LogP contribution in [0.15, 0.2) is 0 Å². The summed E-state index contributed by atoms with van der Waals surface area (Å²) in [6, 6.07) is 0.736. The number of nitrogens with two attached hydrogens (primary N) is 1. The highest BCUT2D eigenvalue weighted by Gasteiger charge is 2.42. The van der Waals surface area contributed by atoms with Gasteiger partial charge in [-0.15, -0.1) is 0 Å². The van der Waals surface area contributed by atoms with Gasteiger partial charge in [-0.05, 0) is 71.1 Å². The molecule has 2 rings (SSSR count). The first-order chi connectivity index (χ1) is 8.98. The van der Waals surface area contributed by atoms with Gasteiger partial charge in [0.1, 0.15) is 0 Å². The summed E-state index contributed by atoms with van der Waals surface area (Å²) >= 11 is 0. The Hall–Kier alpha value is -0.120. The van der Waals surface area contributed by atoms with E-state index in [4.69, 9.17) is 5.73 Å². The largest absolute Gasteiger partial charge is 0.329 e. The van der Waals surface area contributed by atoms with Gasteiger partial charge in [-0.1, -0.05) is 13.8 Å². The Balaban J connectivity index is 2.04. The number of likely N-dealkylation sites (N-methyl/N-ethyl adjacent to an activating group) is 1. The van der Waals surface area contributed by atoms with Crippen LogP contribution in [-0.2, 0) is 0 Å². The lowest BCUT2D eigenvalue weighted by Crippen LogP contribution is -2.60. The van der Waals surface area contributed by atoms with E-state index >= 15 is 0 Å². The van der Waals surface area contributed by atoms with E-state index in [1.807, 2.05) is 0 Å². The first-order valence-corrected chi connectivity index (χ1v) is 8.10. The van der Waals surface area contributed by atoms with Crippen LogP contribution in [0.4, 0.5) is 0 Å². The highest BCUT2D eigenvalue weighted by molar-refractivity contribution is 4.99. The maximum Gasteiger partial charge on any atom is 0.0334 e. The second-order valence-electron chi connectivity index (χ2n) is 7.27. The van der Waals surface area contributed by atoms with E-state index in [9.17, 15) is 0 Å². The van der Waals surface area contributed by atoms with E-state index in [2.05, 4.69) is 37.7 Å². The van der Waals surface area contributed by atoms with Crippen LogP contribution in [0.2, 0.25) is 0 Å². The molecule has 1 aliphatic heterocycles. The van der Waals surface area contributed by atoms with Gasteiger partial charge in [0.05, 0.1) is 0 Å². The van der Waals surface area contributed by atoms with Crippen molar-refractivity contribution in [3.63, 3.8) is 0 Å². The molecule has 0 spiro atoms. The van der Waals surface area contributed by atoms with Gasteiger partial charge in [-0.2, -0.15) is 0 Å². The molecule has 19 heavy (non-hydrogen) atoms. The average Bonchev–Trinajstić information content (AvgIpc) is 2.42. The number of hydrogen-bond donors (Lipinski definition) is 1. The van der Waals surface area contributed by atoms with Crippen molar-refractivity contribution in [3.8, 4) is 0 Å². The van der Waals surface area contributed by atoms with Crippen molar-refractivity contribution in [2.24, 2.45) is 17.6 Å². The van der Waals surface area contributed by atoms with E-state index in [-0.39, 0.29) is 5.54 Å². The summed E-state index contributed by atoms with van der Waals surface area (Å²) in [6.07, 6.45) is 6.53. The quantitative estimate of drug-likeness (QED) is 0.850. The minimum atomic E-state index is 0.270. The van der Waals surface area contributed by atoms with Crippen molar-refractivity contribution in [1.29, 1.82) is 0 Å². The van der Waals surface area contributed by atoms with Gasteiger partial charge in [0, 0.05) is 18.1 Å². The zero-order valence-electron chi connectivity index (χ0n) is 13.4. The van der Waals surface area contributed by atoms with E-state index in [0.717, 1.165) is 24.4 Å². The number of nitrogens with zero attached hydrogens (tertiary/aromatic N) is 2. The third-order valence-electron chi connectivity index (χ3n) is 6.10. The third-order valence-corrected chi connectivity index (χ3v) is 6.10. The van der Waals surface area contributed by atoms with Crippen molar-refractivity contribution in [2.45, 2.75) is 57.5 Å². The van der Waals surface area contributed by atoms with Gasteiger partial charge in [-0.3, -0.25) is 4.90 Å². The Bertz CT molecular complexity index is 286. The van der Waals surface area contributed by atoms with Crippen LogP contribution in [0.25, 0.3) is 0 Å². The standard InChI is InChI=1S/C16H33N3/c1-13-5-8-16(12-17,11-14(13)2)19(4)15-6-9-18(3)10-7-15/h13-15H,5-12,17H2,1-4H3. The smallest absolute Gasteiger partial charge is 0.0334 e. The van der Waals surface area contributed by atoms with Crippen molar-refractivity contribution in [2.75, 3.05) is 33.7 Å². The molecule has 0 bridgehead atoms. The van der Waals surface area contributed by atoms with E-state index in [1.54, 1.807) is 0 Å². The molecule has 0 aromatic heterocycles. The average molecular weight is 267 g/mol. The Morgan fingerprint density at radius 1 is 1.16 bits per heavy atom. The first kappa shape index (κ1) is 15.3. The fourth-order valence-corrected chi connectivity index (χ4v) is 4.10. The molecule has 2 N–H and O–H groups in total. The first-order valence-electron chi connectivity index (χ1n) is 8.10. The minimum absolute atomic E-state index is 0.270. The molecule has 112 valence electrons. The van der Waals surface area contributed by atoms with Crippen molar-refractivity contribution in [1.82, 2.24) is 9.80 Å². The van der Waals surface area contributed by atoms with Crippen LogP contribution in [0, 0.1) is 11.8 Å². The molecular formula is C16H33N3. The minimum Gasteiger partial charge on any atom is -0.329 e. The van der Waals surface area contributed by atoms with E-state index < -0.39 is 0 Å². The molecule has 0 radical (unpaired) electrons. The second kappa shape index (κ2) is 6.11. The number of hydrogen-bond acceptors (Lipinski definition) is 3. The zero-order valence-corrected chi connectivity index (χ0v) is 13.4. The molecule has 3 heteroatoms. The predicted octanol–water partition coefficient (Wildman–Crippen LogP) is 2.17. The van der Waals surface area contributed by atoms with E-state index in [1.165, 1.54) is 45.2 Å². The van der Waals surface area contributed by atoms with Gasteiger partial charge < -0.3 is 10.6 Å². The monoisotopic (exact) mass is 267 g/mol. The van der Waals surface area contributed by atoms with Crippen molar-refractivity contribution >= 4 is 0 Å². The van der Waals surface area contributed by atoms with Crippen LogP contribution in [0.1, 0.15) is 46.0 Å². The molecule has 0 amide bonds. The maximum absolute atomic E-state index is 6.23. The topological polar surface area (TPSA) is 32.5 Å². The zero-order chi connectivity index (χ0) is 14.0. The fraction of sp³-hybridized carbons (Fsp3) is 1.00. The summed E-state index contributed by atoms with van der Waals surface area (Å²) in [7, 11) is 4.57. The van der Waals surface area contributed by atoms with Gasteiger partial charge in [0.2, 0.25) is 0 Å². The van der Waals surface area contributed by atoms with Gasteiger partial charge >= 0.3 is 0 Å². The normalized spacial score (nSPS) is 38.8. The molecule has 1 heterocycles. The number of likely N-dealkylation sites (tertiary alicyclic amines) is 1. The summed E-state index contributed by atoms with van der Waals surface area (Å²) in [4.78, 5) is 5.12. The lowest BCUT2D eigenvalue weighted by Gasteiger charge is -2.52. The molecule has 1 saturated heterocycles. The molecule has 0 aromatic carbocycles. The van der Waals surface area contributed by atoms with Gasteiger partial charge in [0.25, 0.3) is 0 Å². The number of piperidine rings is 1. The molecule has 3 atom stereocenters. The Kier molecular flexibility index (Phi) is 4.91. The van der Waals surface area contributed by atoms with Crippen molar-refractivity contribution < 1.29 is 0 Å². The lowest BCUT2D eigenvalue weighted by molar-refractivity contribution is -0.00664. The predicted molar refractivity (Wildman–Crippen MR) is 82.2 cm³/mol. The molecule has 1 aliphatic carbocycles. The van der Waals surface area contributed by atoms with Crippen LogP contribution in [0.3, 0.4) is 0 Å². The summed E-state index contributed by atoms with van der Waals surface area (Å²) < 4.78 is 0.